The average molecular weight is 374 g/mol. The summed E-state index contributed by atoms with van der Waals surface area (Å²) in [4.78, 5) is 43.6. The normalized spacial score (nSPS) is 10.9. The Bertz CT molecular complexity index is 853. The molecule has 0 atom stereocenters. The lowest BCUT2D eigenvalue weighted by Gasteiger charge is -2.19. The maximum atomic E-state index is 12.9. The van der Waals surface area contributed by atoms with Crippen LogP contribution in [0.4, 0.5) is 4.39 Å². The molecule has 3 N–H and O–H groups in total. The van der Waals surface area contributed by atoms with E-state index in [2.05, 4.69) is 20.6 Å². The SMILES string of the molecule is CC(C)(CNC(=O)c1nccnc1C(=O)NCc1ccc(F)cc1)C(=O)O. The van der Waals surface area contributed by atoms with Crippen molar-refractivity contribution in [2.24, 2.45) is 5.41 Å². The van der Waals surface area contributed by atoms with Crippen LogP contribution in [0.25, 0.3) is 0 Å². The third-order valence-corrected chi connectivity index (χ3v) is 3.76. The van der Waals surface area contributed by atoms with Crippen molar-refractivity contribution in [1.29, 1.82) is 0 Å². The Hall–Kier alpha value is -3.36. The first-order valence-corrected chi connectivity index (χ1v) is 8.06. The van der Waals surface area contributed by atoms with Gasteiger partial charge in [-0.15, -0.1) is 0 Å². The van der Waals surface area contributed by atoms with Gasteiger partial charge in [-0.05, 0) is 31.5 Å². The summed E-state index contributed by atoms with van der Waals surface area (Å²) in [6, 6.07) is 5.58. The molecule has 2 aromatic rings. The van der Waals surface area contributed by atoms with E-state index in [0.717, 1.165) is 0 Å². The van der Waals surface area contributed by atoms with Crippen LogP contribution in [-0.4, -0.2) is 39.4 Å². The van der Waals surface area contributed by atoms with Crippen molar-refractivity contribution in [3.8, 4) is 0 Å². The number of carbonyl (C=O) groups is 3. The fraction of sp³-hybridized carbons (Fsp3) is 0.278. The molecule has 1 heterocycles. The fourth-order valence-electron chi connectivity index (χ4n) is 2.00. The van der Waals surface area contributed by atoms with E-state index in [1.807, 2.05) is 0 Å². The second kappa shape index (κ2) is 8.35. The third-order valence-electron chi connectivity index (χ3n) is 3.76. The number of carbonyl (C=O) groups excluding carboxylic acids is 2. The van der Waals surface area contributed by atoms with Crippen molar-refractivity contribution in [2.75, 3.05) is 6.54 Å². The van der Waals surface area contributed by atoms with Gasteiger partial charge in [0, 0.05) is 25.5 Å². The number of rotatable bonds is 7. The van der Waals surface area contributed by atoms with E-state index >= 15 is 0 Å². The summed E-state index contributed by atoms with van der Waals surface area (Å²) in [5.41, 5.74) is -0.911. The number of amides is 2. The number of aromatic nitrogens is 2. The number of nitrogens with zero attached hydrogens (tertiary/aromatic N) is 2. The van der Waals surface area contributed by atoms with Gasteiger partial charge in [-0.3, -0.25) is 14.4 Å². The summed E-state index contributed by atoms with van der Waals surface area (Å²) in [5.74, 6) is -2.79. The van der Waals surface area contributed by atoms with E-state index < -0.39 is 23.2 Å². The Morgan fingerprint density at radius 1 is 1.00 bits per heavy atom. The predicted octanol–water partition coefficient (Wildman–Crippen LogP) is 1.39. The van der Waals surface area contributed by atoms with E-state index in [-0.39, 0.29) is 30.3 Å². The highest BCUT2D eigenvalue weighted by molar-refractivity contribution is 6.04. The number of hydrogen-bond acceptors (Lipinski definition) is 5. The molecule has 0 bridgehead atoms. The van der Waals surface area contributed by atoms with E-state index in [1.165, 1.54) is 50.5 Å². The number of carboxylic acids is 1. The molecule has 142 valence electrons. The van der Waals surface area contributed by atoms with Gasteiger partial charge in [0.15, 0.2) is 11.4 Å². The Labute approximate surface area is 154 Å². The molecule has 2 rings (SSSR count). The van der Waals surface area contributed by atoms with Crippen LogP contribution in [0.5, 0.6) is 0 Å². The van der Waals surface area contributed by atoms with Crippen LogP contribution in [0.2, 0.25) is 0 Å². The number of benzene rings is 1. The molecule has 0 aliphatic heterocycles. The Balaban J connectivity index is 2.07. The molecule has 0 spiro atoms. The molecule has 1 aromatic heterocycles. The largest absolute Gasteiger partial charge is 0.481 e. The molecular weight excluding hydrogens is 355 g/mol. The average Bonchev–Trinajstić information content (AvgIpc) is 2.65. The highest BCUT2D eigenvalue weighted by Crippen LogP contribution is 2.13. The molecule has 0 aliphatic carbocycles. The van der Waals surface area contributed by atoms with Crippen LogP contribution in [0, 0.1) is 11.2 Å². The summed E-state index contributed by atoms with van der Waals surface area (Å²) in [5, 5.41) is 14.1. The van der Waals surface area contributed by atoms with Crippen molar-refractivity contribution in [2.45, 2.75) is 20.4 Å². The first-order valence-electron chi connectivity index (χ1n) is 8.06. The minimum absolute atomic E-state index is 0.114. The molecule has 27 heavy (non-hydrogen) atoms. The zero-order valence-electron chi connectivity index (χ0n) is 14.8. The van der Waals surface area contributed by atoms with Crippen molar-refractivity contribution in [1.82, 2.24) is 20.6 Å². The molecule has 0 radical (unpaired) electrons. The standard InChI is InChI=1S/C18H19FN4O4/c1-18(2,17(26)27)10-23-16(25)14-13(20-7-8-21-14)15(24)22-9-11-3-5-12(19)6-4-11/h3-8H,9-10H2,1-2H3,(H,22,24)(H,23,25)(H,26,27). The zero-order valence-corrected chi connectivity index (χ0v) is 14.8. The smallest absolute Gasteiger partial charge is 0.310 e. The van der Waals surface area contributed by atoms with Gasteiger partial charge in [-0.2, -0.15) is 0 Å². The fourth-order valence-corrected chi connectivity index (χ4v) is 2.00. The molecular formula is C18H19FN4O4. The Kier molecular flexibility index (Phi) is 6.17. The Morgan fingerprint density at radius 2 is 1.52 bits per heavy atom. The number of carboxylic acid groups (broad SMARTS) is 1. The van der Waals surface area contributed by atoms with Gasteiger partial charge in [0.25, 0.3) is 11.8 Å². The maximum absolute atomic E-state index is 12.9. The van der Waals surface area contributed by atoms with Crippen molar-refractivity contribution in [3.05, 3.63) is 59.4 Å². The molecule has 0 unspecified atom stereocenters. The first kappa shape index (κ1) is 20.0. The predicted molar refractivity (Wildman–Crippen MR) is 93.4 cm³/mol. The van der Waals surface area contributed by atoms with Gasteiger partial charge in [0.1, 0.15) is 5.82 Å². The molecule has 0 saturated heterocycles. The van der Waals surface area contributed by atoms with E-state index in [4.69, 9.17) is 5.11 Å². The molecule has 9 heteroatoms. The summed E-state index contributed by atoms with van der Waals surface area (Å²) in [6.07, 6.45) is 2.53. The number of nitrogens with one attached hydrogen (secondary N) is 2. The molecule has 0 aliphatic rings. The molecule has 0 fully saturated rings. The van der Waals surface area contributed by atoms with Gasteiger partial charge >= 0.3 is 5.97 Å². The van der Waals surface area contributed by atoms with E-state index in [0.29, 0.717) is 5.56 Å². The van der Waals surface area contributed by atoms with Gasteiger partial charge in [-0.25, -0.2) is 14.4 Å². The Morgan fingerprint density at radius 3 is 2.04 bits per heavy atom. The topological polar surface area (TPSA) is 121 Å². The maximum Gasteiger partial charge on any atom is 0.310 e. The van der Waals surface area contributed by atoms with Crippen LogP contribution < -0.4 is 10.6 Å². The van der Waals surface area contributed by atoms with Crippen molar-refractivity contribution < 1.29 is 23.9 Å². The summed E-state index contributed by atoms with van der Waals surface area (Å²) < 4.78 is 12.9. The van der Waals surface area contributed by atoms with Crippen molar-refractivity contribution in [3.63, 3.8) is 0 Å². The number of hydrogen-bond donors (Lipinski definition) is 3. The van der Waals surface area contributed by atoms with Crippen LogP contribution >= 0.6 is 0 Å². The van der Waals surface area contributed by atoms with Gasteiger partial charge in [0.2, 0.25) is 0 Å². The monoisotopic (exact) mass is 374 g/mol. The van der Waals surface area contributed by atoms with Crippen LogP contribution in [0.15, 0.2) is 36.7 Å². The summed E-state index contributed by atoms with van der Waals surface area (Å²) in [7, 11) is 0. The zero-order chi connectivity index (χ0) is 20.0. The second-order valence-corrected chi connectivity index (χ2v) is 6.43. The summed E-state index contributed by atoms with van der Waals surface area (Å²) in [6.45, 7) is 2.89. The van der Waals surface area contributed by atoms with Gasteiger partial charge < -0.3 is 15.7 Å². The molecule has 0 saturated carbocycles. The van der Waals surface area contributed by atoms with Crippen molar-refractivity contribution >= 4 is 17.8 Å². The number of aliphatic carboxylic acids is 1. The van der Waals surface area contributed by atoms with Gasteiger partial charge in [-0.1, -0.05) is 12.1 Å². The van der Waals surface area contributed by atoms with Gasteiger partial charge in [0.05, 0.1) is 5.41 Å². The highest BCUT2D eigenvalue weighted by atomic mass is 19.1. The van der Waals surface area contributed by atoms with Crippen LogP contribution in [0.1, 0.15) is 40.4 Å². The lowest BCUT2D eigenvalue weighted by Crippen LogP contribution is -2.40. The van der Waals surface area contributed by atoms with Crippen LogP contribution in [-0.2, 0) is 11.3 Å². The molecule has 2 amide bonds. The number of halogens is 1. The summed E-state index contributed by atoms with van der Waals surface area (Å²) >= 11 is 0. The van der Waals surface area contributed by atoms with Crippen LogP contribution in [0.3, 0.4) is 0 Å². The van der Waals surface area contributed by atoms with E-state index in [1.54, 1.807) is 0 Å². The third kappa shape index (κ3) is 5.30. The minimum atomic E-state index is -1.18. The molecule has 1 aromatic carbocycles. The highest BCUT2D eigenvalue weighted by Gasteiger charge is 2.29. The lowest BCUT2D eigenvalue weighted by molar-refractivity contribution is -0.146. The van der Waals surface area contributed by atoms with E-state index in [9.17, 15) is 18.8 Å². The lowest BCUT2D eigenvalue weighted by atomic mass is 9.94. The second-order valence-electron chi connectivity index (χ2n) is 6.43. The molecule has 8 nitrogen and oxygen atoms in total. The first-order chi connectivity index (χ1) is 12.7. The quantitative estimate of drug-likeness (QED) is 0.673. The minimum Gasteiger partial charge on any atom is -0.481 e.